The second-order valence-corrected chi connectivity index (χ2v) is 4.10. The van der Waals surface area contributed by atoms with E-state index in [1.165, 1.54) is 6.07 Å². The maximum absolute atomic E-state index is 13.6. The van der Waals surface area contributed by atoms with Crippen molar-refractivity contribution in [3.8, 4) is 28.9 Å². The topological polar surface area (TPSA) is 62.7 Å². The maximum atomic E-state index is 13.6. The number of rotatable bonds is 2. The molecule has 0 spiro atoms. The number of aromatic nitrogens is 2. The highest BCUT2D eigenvalue weighted by Gasteiger charge is 2.13. The quantitative estimate of drug-likeness (QED) is 0.712. The first-order chi connectivity index (χ1) is 9.78. The van der Waals surface area contributed by atoms with E-state index in [4.69, 9.17) is 9.78 Å². The van der Waals surface area contributed by atoms with E-state index in [1.807, 2.05) is 6.07 Å². The number of nitrogens with zero attached hydrogens (tertiary/aromatic N) is 3. The summed E-state index contributed by atoms with van der Waals surface area (Å²) in [6.07, 6.45) is 0. The molecular formula is C15H8FN3O. The zero-order valence-electron chi connectivity index (χ0n) is 10.2. The van der Waals surface area contributed by atoms with E-state index < -0.39 is 5.82 Å². The summed E-state index contributed by atoms with van der Waals surface area (Å²) in [5.74, 6) is 0.0199. The van der Waals surface area contributed by atoms with Crippen LogP contribution in [0, 0.1) is 17.1 Å². The van der Waals surface area contributed by atoms with E-state index in [0.717, 1.165) is 0 Å². The highest BCUT2D eigenvalue weighted by atomic mass is 19.1. The predicted octanol–water partition coefficient (Wildman–Crippen LogP) is 3.41. The van der Waals surface area contributed by atoms with Crippen molar-refractivity contribution in [2.45, 2.75) is 0 Å². The van der Waals surface area contributed by atoms with Gasteiger partial charge < -0.3 is 4.52 Å². The van der Waals surface area contributed by atoms with Crippen LogP contribution >= 0.6 is 0 Å². The van der Waals surface area contributed by atoms with E-state index in [2.05, 4.69) is 10.1 Å². The van der Waals surface area contributed by atoms with Gasteiger partial charge in [-0.1, -0.05) is 23.4 Å². The third kappa shape index (κ3) is 2.15. The Morgan fingerprint density at radius 3 is 2.75 bits per heavy atom. The fourth-order valence-electron chi connectivity index (χ4n) is 1.81. The Balaban J connectivity index is 2.02. The lowest BCUT2D eigenvalue weighted by molar-refractivity contribution is 0.432. The van der Waals surface area contributed by atoms with E-state index in [1.54, 1.807) is 42.5 Å². The van der Waals surface area contributed by atoms with Gasteiger partial charge in [0.15, 0.2) is 0 Å². The largest absolute Gasteiger partial charge is 0.334 e. The first-order valence-corrected chi connectivity index (χ1v) is 5.87. The summed E-state index contributed by atoms with van der Waals surface area (Å²) in [6.45, 7) is 0. The second-order valence-electron chi connectivity index (χ2n) is 4.10. The Hall–Kier alpha value is -3.00. The van der Waals surface area contributed by atoms with Crippen LogP contribution in [0.3, 0.4) is 0 Å². The molecule has 0 aliphatic heterocycles. The Kier molecular flexibility index (Phi) is 2.98. The Labute approximate surface area is 114 Å². The van der Waals surface area contributed by atoms with E-state index >= 15 is 0 Å². The summed E-state index contributed by atoms with van der Waals surface area (Å²) in [5.41, 5.74) is 1.39. The van der Waals surface area contributed by atoms with E-state index in [0.29, 0.717) is 11.1 Å². The van der Waals surface area contributed by atoms with Gasteiger partial charge in [-0.15, -0.1) is 0 Å². The highest BCUT2D eigenvalue weighted by molar-refractivity contribution is 5.61. The van der Waals surface area contributed by atoms with Crippen LogP contribution in [0.2, 0.25) is 0 Å². The fraction of sp³-hybridized carbons (Fsp3) is 0. The SMILES string of the molecule is N#Cc1cccc(-c2nc(-c3ccccc3F)no2)c1. The molecule has 0 saturated heterocycles. The third-order valence-corrected chi connectivity index (χ3v) is 2.78. The molecular weight excluding hydrogens is 257 g/mol. The smallest absolute Gasteiger partial charge is 0.258 e. The van der Waals surface area contributed by atoms with Gasteiger partial charge in [0.05, 0.1) is 17.2 Å². The molecule has 0 unspecified atom stereocenters. The van der Waals surface area contributed by atoms with E-state index in [9.17, 15) is 4.39 Å². The zero-order chi connectivity index (χ0) is 13.9. The predicted molar refractivity (Wildman–Crippen MR) is 69.8 cm³/mol. The number of halogens is 1. The number of hydrogen-bond donors (Lipinski definition) is 0. The molecule has 5 heteroatoms. The lowest BCUT2D eigenvalue weighted by Gasteiger charge is -1.95. The van der Waals surface area contributed by atoms with Crippen LogP contribution < -0.4 is 0 Å². The summed E-state index contributed by atoms with van der Waals surface area (Å²) >= 11 is 0. The standard InChI is InChI=1S/C15H8FN3O/c16-13-7-2-1-6-12(13)14-18-15(20-19-14)11-5-3-4-10(8-11)9-17/h1-8H. The highest BCUT2D eigenvalue weighted by Crippen LogP contribution is 2.24. The van der Waals surface area contributed by atoms with Gasteiger partial charge in [-0.05, 0) is 30.3 Å². The normalized spacial score (nSPS) is 10.2. The van der Waals surface area contributed by atoms with E-state index in [-0.39, 0.29) is 17.3 Å². The molecule has 0 atom stereocenters. The fourth-order valence-corrected chi connectivity index (χ4v) is 1.81. The van der Waals surface area contributed by atoms with Gasteiger partial charge in [-0.25, -0.2) is 4.39 Å². The molecule has 2 aromatic carbocycles. The van der Waals surface area contributed by atoms with Crippen LogP contribution in [-0.2, 0) is 0 Å². The van der Waals surface area contributed by atoms with Crippen molar-refractivity contribution < 1.29 is 8.91 Å². The molecule has 3 aromatic rings. The Bertz CT molecular complexity index is 805. The lowest BCUT2D eigenvalue weighted by Crippen LogP contribution is -1.86. The van der Waals surface area contributed by atoms with Crippen LogP contribution in [0.1, 0.15) is 5.56 Å². The average Bonchev–Trinajstić information content (AvgIpc) is 2.97. The minimum absolute atomic E-state index is 0.181. The van der Waals surface area contributed by atoms with Gasteiger partial charge in [0, 0.05) is 5.56 Å². The lowest BCUT2D eigenvalue weighted by atomic mass is 10.1. The number of benzene rings is 2. The Morgan fingerprint density at radius 1 is 1.10 bits per heavy atom. The van der Waals surface area contributed by atoms with Gasteiger partial charge in [0.1, 0.15) is 5.82 Å². The van der Waals surface area contributed by atoms with Crippen molar-refractivity contribution >= 4 is 0 Å². The molecule has 96 valence electrons. The van der Waals surface area contributed by atoms with Crippen molar-refractivity contribution in [1.82, 2.24) is 10.1 Å². The van der Waals surface area contributed by atoms with Crippen molar-refractivity contribution in [2.75, 3.05) is 0 Å². The van der Waals surface area contributed by atoms with Gasteiger partial charge in [-0.2, -0.15) is 10.2 Å². The first-order valence-electron chi connectivity index (χ1n) is 5.87. The molecule has 0 saturated carbocycles. The average molecular weight is 265 g/mol. The molecule has 0 N–H and O–H groups in total. The third-order valence-electron chi connectivity index (χ3n) is 2.78. The number of nitriles is 1. The van der Waals surface area contributed by atoms with Crippen LogP contribution in [0.4, 0.5) is 4.39 Å². The summed E-state index contributed by atoms with van der Waals surface area (Å²) in [4.78, 5) is 4.16. The van der Waals surface area contributed by atoms with Crippen LogP contribution in [-0.4, -0.2) is 10.1 Å². The van der Waals surface area contributed by atoms with Crippen molar-refractivity contribution in [3.63, 3.8) is 0 Å². The van der Waals surface area contributed by atoms with Crippen molar-refractivity contribution in [1.29, 1.82) is 5.26 Å². The van der Waals surface area contributed by atoms with Crippen LogP contribution in [0.25, 0.3) is 22.8 Å². The minimum atomic E-state index is -0.411. The molecule has 0 radical (unpaired) electrons. The molecule has 0 amide bonds. The molecule has 4 nitrogen and oxygen atoms in total. The zero-order valence-corrected chi connectivity index (χ0v) is 10.2. The molecule has 0 bridgehead atoms. The van der Waals surface area contributed by atoms with Gasteiger partial charge in [0.2, 0.25) is 5.82 Å². The summed E-state index contributed by atoms with van der Waals surface area (Å²) in [6, 6.07) is 15.0. The second kappa shape index (κ2) is 4.94. The molecule has 0 aliphatic rings. The molecule has 20 heavy (non-hydrogen) atoms. The monoisotopic (exact) mass is 265 g/mol. The Morgan fingerprint density at radius 2 is 1.95 bits per heavy atom. The van der Waals surface area contributed by atoms with Gasteiger partial charge in [0.25, 0.3) is 5.89 Å². The van der Waals surface area contributed by atoms with Crippen LogP contribution in [0.15, 0.2) is 53.1 Å². The summed E-state index contributed by atoms with van der Waals surface area (Å²) in [5, 5.41) is 12.6. The summed E-state index contributed by atoms with van der Waals surface area (Å²) < 4.78 is 18.8. The van der Waals surface area contributed by atoms with Gasteiger partial charge in [-0.3, -0.25) is 0 Å². The molecule has 1 heterocycles. The first kappa shape index (κ1) is 12.1. The van der Waals surface area contributed by atoms with Gasteiger partial charge >= 0.3 is 0 Å². The maximum Gasteiger partial charge on any atom is 0.258 e. The van der Waals surface area contributed by atoms with Crippen molar-refractivity contribution in [3.05, 3.63) is 59.9 Å². The summed E-state index contributed by atoms with van der Waals surface area (Å²) in [7, 11) is 0. The molecule has 0 fully saturated rings. The molecule has 3 rings (SSSR count). The van der Waals surface area contributed by atoms with Crippen LogP contribution in [0.5, 0.6) is 0 Å². The molecule has 1 aromatic heterocycles. The minimum Gasteiger partial charge on any atom is -0.334 e. The number of hydrogen-bond acceptors (Lipinski definition) is 4. The molecule has 0 aliphatic carbocycles. The van der Waals surface area contributed by atoms with Crippen molar-refractivity contribution in [2.24, 2.45) is 0 Å².